The van der Waals surface area contributed by atoms with Crippen LogP contribution in [0.25, 0.3) is 11.0 Å². The number of piperidine rings is 1. The molecule has 1 amide bonds. The molecule has 3 aromatic rings. The van der Waals surface area contributed by atoms with E-state index in [0.717, 1.165) is 23.4 Å². The molecule has 0 bridgehead atoms. The van der Waals surface area contributed by atoms with Crippen LogP contribution in [0.15, 0.2) is 53.4 Å². The lowest BCUT2D eigenvalue weighted by Gasteiger charge is -2.31. The summed E-state index contributed by atoms with van der Waals surface area (Å²) in [5.74, 6) is 1.18. The van der Waals surface area contributed by atoms with Gasteiger partial charge in [-0.2, -0.15) is 4.31 Å². The third kappa shape index (κ3) is 4.81. The number of nitrogens with one attached hydrogen (secondary N) is 1. The van der Waals surface area contributed by atoms with E-state index >= 15 is 0 Å². The quantitative estimate of drug-likeness (QED) is 0.526. The van der Waals surface area contributed by atoms with Crippen LogP contribution in [0.1, 0.15) is 45.5 Å². The first kappa shape index (κ1) is 24.2. The zero-order valence-electron chi connectivity index (χ0n) is 19.9. The molecule has 1 aliphatic rings. The van der Waals surface area contributed by atoms with Crippen molar-refractivity contribution in [2.45, 2.75) is 51.1 Å². The van der Waals surface area contributed by atoms with Crippen molar-refractivity contribution in [1.29, 1.82) is 0 Å². The number of fused-ring (bicyclic) bond motifs is 1. The number of ether oxygens (including phenoxy) is 1. The summed E-state index contributed by atoms with van der Waals surface area (Å²) in [6.07, 6.45) is 0.970. The number of imidazole rings is 1. The molecular formula is C25H32N4O4S. The van der Waals surface area contributed by atoms with Gasteiger partial charge in [-0.3, -0.25) is 4.79 Å². The molecule has 34 heavy (non-hydrogen) atoms. The Kier molecular flexibility index (Phi) is 7.23. The number of rotatable bonds is 8. The summed E-state index contributed by atoms with van der Waals surface area (Å²) >= 11 is 0. The van der Waals surface area contributed by atoms with Crippen molar-refractivity contribution >= 4 is 27.0 Å². The van der Waals surface area contributed by atoms with Crippen LogP contribution in [0.2, 0.25) is 0 Å². The molecule has 4 rings (SSSR count). The summed E-state index contributed by atoms with van der Waals surface area (Å²) in [6.45, 7) is 7.80. The number of benzene rings is 2. The molecule has 0 aliphatic carbocycles. The standard InChI is InChI=1S/C25H32N4O4S/c1-4-29-23-9-7-6-8-22(23)27-24(29)18(3)26-25(30)19-14-16-28(17-15-19)34(31,32)21-12-10-20(11-13-21)33-5-2/h6-13,18-19H,4-5,14-17H2,1-3H3,(H,26,30). The molecule has 182 valence electrons. The summed E-state index contributed by atoms with van der Waals surface area (Å²) in [5, 5.41) is 3.10. The number of sulfonamides is 1. The molecule has 8 nitrogen and oxygen atoms in total. The lowest BCUT2D eigenvalue weighted by molar-refractivity contribution is -0.126. The first-order valence-corrected chi connectivity index (χ1v) is 13.3. The summed E-state index contributed by atoms with van der Waals surface area (Å²) in [6, 6.07) is 14.2. The fourth-order valence-corrected chi connectivity index (χ4v) is 6.00. The van der Waals surface area contributed by atoms with Gasteiger partial charge in [0, 0.05) is 25.6 Å². The van der Waals surface area contributed by atoms with E-state index in [-0.39, 0.29) is 22.8 Å². The molecule has 2 heterocycles. The van der Waals surface area contributed by atoms with Gasteiger partial charge in [-0.15, -0.1) is 0 Å². The highest BCUT2D eigenvalue weighted by Gasteiger charge is 2.33. The van der Waals surface area contributed by atoms with Gasteiger partial charge in [-0.25, -0.2) is 13.4 Å². The number of amides is 1. The van der Waals surface area contributed by atoms with Crippen LogP contribution in [-0.2, 0) is 21.4 Å². The Morgan fingerprint density at radius 3 is 2.44 bits per heavy atom. The van der Waals surface area contributed by atoms with Crippen molar-refractivity contribution in [3.05, 3.63) is 54.4 Å². The van der Waals surface area contributed by atoms with E-state index in [1.54, 1.807) is 24.3 Å². The maximum Gasteiger partial charge on any atom is 0.243 e. The van der Waals surface area contributed by atoms with Gasteiger partial charge in [0.05, 0.1) is 28.6 Å². The van der Waals surface area contributed by atoms with Gasteiger partial charge in [-0.1, -0.05) is 12.1 Å². The highest BCUT2D eigenvalue weighted by molar-refractivity contribution is 7.89. The number of carbonyl (C=O) groups excluding carboxylic acids is 1. The summed E-state index contributed by atoms with van der Waals surface area (Å²) in [7, 11) is -3.60. The summed E-state index contributed by atoms with van der Waals surface area (Å²) in [4.78, 5) is 18.0. The number of aryl methyl sites for hydroxylation is 1. The first-order valence-electron chi connectivity index (χ1n) is 11.8. The molecule has 1 atom stereocenters. The predicted molar refractivity (Wildman–Crippen MR) is 131 cm³/mol. The zero-order chi connectivity index (χ0) is 24.3. The van der Waals surface area contributed by atoms with Crippen LogP contribution in [0, 0.1) is 5.92 Å². The normalized spacial score (nSPS) is 16.4. The minimum atomic E-state index is -3.60. The maximum absolute atomic E-state index is 13.0. The molecule has 1 unspecified atom stereocenters. The van der Waals surface area contributed by atoms with E-state index in [0.29, 0.717) is 38.3 Å². The number of nitrogens with zero attached hydrogens (tertiary/aromatic N) is 3. The Labute approximate surface area is 201 Å². The largest absolute Gasteiger partial charge is 0.494 e. The van der Waals surface area contributed by atoms with Crippen LogP contribution < -0.4 is 10.1 Å². The Hall–Kier alpha value is -2.91. The minimum Gasteiger partial charge on any atom is -0.494 e. The second-order valence-corrected chi connectivity index (χ2v) is 10.5. The molecule has 1 saturated heterocycles. The Morgan fingerprint density at radius 1 is 1.12 bits per heavy atom. The molecule has 0 saturated carbocycles. The highest BCUT2D eigenvalue weighted by atomic mass is 32.2. The van der Waals surface area contributed by atoms with Crippen LogP contribution in [-0.4, -0.2) is 47.9 Å². The summed E-state index contributed by atoms with van der Waals surface area (Å²) in [5.41, 5.74) is 1.96. The molecular weight excluding hydrogens is 452 g/mol. The number of aromatic nitrogens is 2. The second kappa shape index (κ2) is 10.1. The lowest BCUT2D eigenvalue weighted by Crippen LogP contribution is -2.43. The van der Waals surface area contributed by atoms with Crippen molar-refractivity contribution in [2.24, 2.45) is 5.92 Å². The smallest absolute Gasteiger partial charge is 0.243 e. The average molecular weight is 485 g/mol. The molecule has 0 radical (unpaired) electrons. The molecule has 9 heteroatoms. The molecule has 1 aromatic heterocycles. The first-order chi connectivity index (χ1) is 16.3. The van der Waals surface area contributed by atoms with E-state index in [1.807, 2.05) is 38.1 Å². The van der Waals surface area contributed by atoms with E-state index < -0.39 is 10.0 Å². The van der Waals surface area contributed by atoms with Gasteiger partial charge in [0.2, 0.25) is 15.9 Å². The van der Waals surface area contributed by atoms with E-state index in [2.05, 4.69) is 16.8 Å². The Bertz CT molecular complexity index is 1250. The SMILES string of the molecule is CCOc1ccc(S(=O)(=O)N2CCC(C(=O)NC(C)c3nc4ccccc4n3CC)CC2)cc1. The van der Waals surface area contributed by atoms with Crippen molar-refractivity contribution in [2.75, 3.05) is 19.7 Å². The zero-order valence-corrected chi connectivity index (χ0v) is 20.7. The predicted octanol–water partition coefficient (Wildman–Crippen LogP) is 3.73. The minimum absolute atomic E-state index is 0.0553. The van der Waals surface area contributed by atoms with Crippen LogP contribution in [0.3, 0.4) is 0 Å². The van der Waals surface area contributed by atoms with E-state index in [9.17, 15) is 13.2 Å². The highest BCUT2D eigenvalue weighted by Crippen LogP contribution is 2.26. The summed E-state index contributed by atoms with van der Waals surface area (Å²) < 4.78 is 35.0. The van der Waals surface area contributed by atoms with E-state index in [4.69, 9.17) is 9.72 Å². The van der Waals surface area contributed by atoms with Gasteiger partial charge in [0.25, 0.3) is 0 Å². The fourth-order valence-electron chi connectivity index (χ4n) is 4.53. The van der Waals surface area contributed by atoms with Gasteiger partial charge < -0.3 is 14.6 Å². The third-order valence-electron chi connectivity index (χ3n) is 6.34. The van der Waals surface area contributed by atoms with Crippen LogP contribution in [0.4, 0.5) is 0 Å². The lowest BCUT2D eigenvalue weighted by atomic mass is 9.97. The van der Waals surface area contributed by atoms with Crippen molar-refractivity contribution < 1.29 is 17.9 Å². The van der Waals surface area contributed by atoms with Crippen molar-refractivity contribution in [3.8, 4) is 5.75 Å². The molecule has 2 aromatic carbocycles. The molecule has 1 N–H and O–H groups in total. The fraction of sp³-hybridized carbons (Fsp3) is 0.440. The van der Waals surface area contributed by atoms with Gasteiger partial charge in [0.1, 0.15) is 11.6 Å². The van der Waals surface area contributed by atoms with Crippen LogP contribution in [0.5, 0.6) is 5.75 Å². The van der Waals surface area contributed by atoms with Crippen molar-refractivity contribution in [3.63, 3.8) is 0 Å². The number of hydrogen-bond donors (Lipinski definition) is 1. The number of para-hydroxylation sites is 2. The Morgan fingerprint density at radius 2 is 1.79 bits per heavy atom. The molecule has 1 aliphatic heterocycles. The Balaban J connectivity index is 1.38. The van der Waals surface area contributed by atoms with Gasteiger partial charge >= 0.3 is 0 Å². The maximum atomic E-state index is 13.0. The monoisotopic (exact) mass is 484 g/mol. The number of carbonyl (C=O) groups is 1. The van der Waals surface area contributed by atoms with E-state index in [1.165, 1.54) is 4.31 Å². The molecule has 1 fully saturated rings. The van der Waals surface area contributed by atoms with Gasteiger partial charge in [-0.05, 0) is 70.0 Å². The third-order valence-corrected chi connectivity index (χ3v) is 8.26. The number of hydrogen-bond acceptors (Lipinski definition) is 5. The van der Waals surface area contributed by atoms with Crippen molar-refractivity contribution in [1.82, 2.24) is 19.2 Å². The average Bonchev–Trinajstić information content (AvgIpc) is 3.23. The van der Waals surface area contributed by atoms with Crippen LogP contribution >= 0.6 is 0 Å². The van der Waals surface area contributed by atoms with Gasteiger partial charge in [0.15, 0.2) is 0 Å². The topological polar surface area (TPSA) is 93.5 Å². The second-order valence-electron chi connectivity index (χ2n) is 8.52. The molecule has 0 spiro atoms.